The van der Waals surface area contributed by atoms with Crippen molar-refractivity contribution in [2.24, 2.45) is 5.92 Å². The van der Waals surface area contributed by atoms with Crippen LogP contribution >= 0.6 is 0 Å². The topological polar surface area (TPSA) is 17.1 Å². The van der Waals surface area contributed by atoms with Gasteiger partial charge in [-0.2, -0.15) is 0 Å². The van der Waals surface area contributed by atoms with Crippen LogP contribution in [-0.2, 0) is 4.79 Å². The van der Waals surface area contributed by atoms with E-state index in [2.05, 4.69) is 0 Å². The van der Waals surface area contributed by atoms with Crippen molar-refractivity contribution in [3.8, 4) is 0 Å². The van der Waals surface area contributed by atoms with Gasteiger partial charge < -0.3 is 4.79 Å². The van der Waals surface area contributed by atoms with Crippen molar-refractivity contribution in [3.63, 3.8) is 0 Å². The molecular formula is C10H10O. The summed E-state index contributed by atoms with van der Waals surface area (Å²) >= 11 is 0. The molecule has 0 aliphatic heterocycles. The predicted octanol–water partition coefficient (Wildman–Crippen LogP) is 2.04. The Kier molecular flexibility index (Phi) is 3.13. The molecule has 0 N–H and O–H groups in total. The van der Waals surface area contributed by atoms with Gasteiger partial charge in [-0.05, 0) is 0 Å². The summed E-state index contributed by atoms with van der Waals surface area (Å²) < 4.78 is 0. The number of allylic oxidation sites excluding steroid dienone is 8. The normalized spacial score (nSPS) is 34.0. The lowest BCUT2D eigenvalue weighted by Crippen LogP contribution is -1.90. The second kappa shape index (κ2) is 4.45. The Balaban J connectivity index is 2.75. The van der Waals surface area contributed by atoms with Crippen molar-refractivity contribution in [1.29, 1.82) is 0 Å². The quantitative estimate of drug-likeness (QED) is 0.517. The third kappa shape index (κ3) is 2.80. The van der Waals surface area contributed by atoms with Crippen LogP contribution in [0.4, 0.5) is 0 Å². The molecule has 56 valence electrons. The summed E-state index contributed by atoms with van der Waals surface area (Å²) in [6, 6.07) is 0. The third-order valence-electron chi connectivity index (χ3n) is 1.38. The highest BCUT2D eigenvalue weighted by Gasteiger charge is 1.93. The molecule has 0 saturated carbocycles. The van der Waals surface area contributed by atoms with E-state index >= 15 is 0 Å². The SMILES string of the molecule is O=CC1\C=C/C=C\C=C\C=C/1. The predicted molar refractivity (Wildman–Crippen MR) is 46.1 cm³/mol. The van der Waals surface area contributed by atoms with E-state index in [-0.39, 0.29) is 5.92 Å². The van der Waals surface area contributed by atoms with Gasteiger partial charge in [-0.3, -0.25) is 0 Å². The van der Waals surface area contributed by atoms with E-state index in [1.807, 2.05) is 48.6 Å². The number of carbonyl (C=O) groups is 1. The van der Waals surface area contributed by atoms with Crippen molar-refractivity contribution in [2.45, 2.75) is 0 Å². The number of hydrogen-bond acceptors (Lipinski definition) is 1. The molecule has 0 amide bonds. The van der Waals surface area contributed by atoms with Crippen LogP contribution in [0, 0.1) is 5.92 Å². The Labute approximate surface area is 66.4 Å². The Hall–Kier alpha value is -1.37. The Morgan fingerprint density at radius 2 is 1.27 bits per heavy atom. The van der Waals surface area contributed by atoms with E-state index in [0.717, 1.165) is 6.29 Å². The van der Waals surface area contributed by atoms with Crippen LogP contribution in [-0.4, -0.2) is 6.29 Å². The Morgan fingerprint density at radius 1 is 0.818 bits per heavy atom. The van der Waals surface area contributed by atoms with Gasteiger partial charge >= 0.3 is 0 Å². The summed E-state index contributed by atoms with van der Waals surface area (Å²) in [6.45, 7) is 0. The lowest BCUT2D eigenvalue weighted by molar-refractivity contribution is -0.108. The van der Waals surface area contributed by atoms with Gasteiger partial charge in [0.15, 0.2) is 0 Å². The fourth-order valence-corrected chi connectivity index (χ4v) is 0.796. The van der Waals surface area contributed by atoms with E-state index in [4.69, 9.17) is 0 Å². The van der Waals surface area contributed by atoms with Crippen LogP contribution in [0.5, 0.6) is 0 Å². The largest absolute Gasteiger partial charge is 0.302 e. The maximum Gasteiger partial charge on any atom is 0.130 e. The van der Waals surface area contributed by atoms with Crippen molar-refractivity contribution >= 4 is 6.29 Å². The van der Waals surface area contributed by atoms with Crippen LogP contribution < -0.4 is 0 Å². The number of hydrogen-bond donors (Lipinski definition) is 0. The van der Waals surface area contributed by atoms with E-state index < -0.39 is 0 Å². The van der Waals surface area contributed by atoms with Crippen LogP contribution in [0.15, 0.2) is 48.6 Å². The molecule has 0 aromatic rings. The fraction of sp³-hybridized carbons (Fsp3) is 0.100. The maximum absolute atomic E-state index is 10.4. The molecule has 0 radical (unpaired) electrons. The van der Waals surface area contributed by atoms with E-state index in [1.165, 1.54) is 0 Å². The summed E-state index contributed by atoms with van der Waals surface area (Å²) in [6.07, 6.45) is 16.0. The van der Waals surface area contributed by atoms with Gasteiger partial charge in [-0.15, -0.1) is 0 Å². The summed E-state index contributed by atoms with van der Waals surface area (Å²) in [5.74, 6) is -0.0811. The summed E-state index contributed by atoms with van der Waals surface area (Å²) in [5, 5.41) is 0. The highest BCUT2D eigenvalue weighted by Crippen LogP contribution is 1.99. The molecule has 0 bridgehead atoms. The first-order valence-electron chi connectivity index (χ1n) is 3.57. The first-order valence-corrected chi connectivity index (χ1v) is 3.57. The summed E-state index contributed by atoms with van der Waals surface area (Å²) in [5.41, 5.74) is 0. The maximum atomic E-state index is 10.4. The van der Waals surface area contributed by atoms with Crippen molar-refractivity contribution < 1.29 is 4.79 Å². The molecule has 1 atom stereocenters. The molecule has 1 aliphatic rings. The van der Waals surface area contributed by atoms with Gasteiger partial charge in [-0.25, -0.2) is 0 Å². The van der Waals surface area contributed by atoms with Crippen molar-refractivity contribution in [1.82, 2.24) is 0 Å². The molecule has 1 heteroatoms. The molecule has 0 saturated heterocycles. The molecule has 1 aliphatic carbocycles. The second-order valence-electron chi connectivity index (χ2n) is 2.25. The highest BCUT2D eigenvalue weighted by atomic mass is 16.1. The molecule has 11 heavy (non-hydrogen) atoms. The molecule has 0 fully saturated rings. The average Bonchev–Trinajstić information content (AvgIpc) is 2.16. The van der Waals surface area contributed by atoms with E-state index in [1.54, 1.807) is 0 Å². The third-order valence-corrected chi connectivity index (χ3v) is 1.38. The number of aldehydes is 1. The zero-order valence-corrected chi connectivity index (χ0v) is 6.18. The first kappa shape index (κ1) is 7.73. The second-order valence-corrected chi connectivity index (χ2v) is 2.25. The molecule has 0 aromatic carbocycles. The minimum Gasteiger partial charge on any atom is -0.302 e. The van der Waals surface area contributed by atoms with Gasteiger partial charge in [0.05, 0.1) is 5.92 Å². The minimum atomic E-state index is -0.0811. The molecule has 1 nitrogen and oxygen atoms in total. The monoisotopic (exact) mass is 146 g/mol. The van der Waals surface area contributed by atoms with Crippen LogP contribution in [0.25, 0.3) is 0 Å². The average molecular weight is 146 g/mol. The van der Waals surface area contributed by atoms with Gasteiger partial charge in [0.1, 0.15) is 6.29 Å². The summed E-state index contributed by atoms with van der Waals surface area (Å²) in [4.78, 5) is 10.4. The number of rotatable bonds is 1. The van der Waals surface area contributed by atoms with Crippen molar-refractivity contribution in [3.05, 3.63) is 48.6 Å². The van der Waals surface area contributed by atoms with Gasteiger partial charge in [0.25, 0.3) is 0 Å². The molecular weight excluding hydrogens is 136 g/mol. The summed E-state index contributed by atoms with van der Waals surface area (Å²) in [7, 11) is 0. The van der Waals surface area contributed by atoms with Crippen LogP contribution in [0.2, 0.25) is 0 Å². The zero-order chi connectivity index (χ0) is 7.94. The first-order chi connectivity index (χ1) is 5.43. The van der Waals surface area contributed by atoms with E-state index in [0.29, 0.717) is 0 Å². The highest BCUT2D eigenvalue weighted by molar-refractivity contribution is 5.60. The van der Waals surface area contributed by atoms with Crippen LogP contribution in [0.1, 0.15) is 0 Å². The van der Waals surface area contributed by atoms with Gasteiger partial charge in [0, 0.05) is 0 Å². The molecule has 0 aromatic heterocycles. The minimum absolute atomic E-state index is 0.0811. The Bertz CT molecular complexity index is 209. The zero-order valence-electron chi connectivity index (χ0n) is 6.18. The lowest BCUT2D eigenvalue weighted by atomic mass is 10.1. The standard InChI is InChI=1S/C10H10O/c11-9-10-7-5-3-1-2-4-6-8-10/h1-10H/b3-1-,4-2+,7-5-,8-6-. The molecule has 0 spiro atoms. The van der Waals surface area contributed by atoms with Crippen molar-refractivity contribution in [2.75, 3.05) is 0 Å². The number of carbonyl (C=O) groups excluding carboxylic acids is 1. The van der Waals surface area contributed by atoms with E-state index in [9.17, 15) is 4.79 Å². The molecule has 1 unspecified atom stereocenters. The lowest BCUT2D eigenvalue weighted by Gasteiger charge is -1.91. The van der Waals surface area contributed by atoms with Crippen LogP contribution in [0.3, 0.4) is 0 Å². The molecule has 1 rings (SSSR count). The fourth-order valence-electron chi connectivity index (χ4n) is 0.796. The van der Waals surface area contributed by atoms with Gasteiger partial charge in [-0.1, -0.05) is 48.6 Å². The smallest absolute Gasteiger partial charge is 0.130 e. The molecule has 0 heterocycles. The van der Waals surface area contributed by atoms with Gasteiger partial charge in [0.2, 0.25) is 0 Å². The Morgan fingerprint density at radius 3 is 1.73 bits per heavy atom.